The minimum absolute atomic E-state index is 0.241. The number of aromatic nitrogens is 4. The zero-order chi connectivity index (χ0) is 13.4. The smallest absolute Gasteiger partial charge is 0.146 e. The fourth-order valence-electron chi connectivity index (χ4n) is 2.18. The van der Waals surface area contributed by atoms with Gasteiger partial charge < -0.3 is 0 Å². The van der Waals surface area contributed by atoms with Gasteiger partial charge in [0.2, 0.25) is 0 Å². The van der Waals surface area contributed by atoms with Gasteiger partial charge in [0, 0.05) is 5.56 Å². The van der Waals surface area contributed by atoms with Crippen molar-refractivity contribution in [2.45, 2.75) is 19.8 Å². The first-order valence-electron chi connectivity index (χ1n) is 6.11. The van der Waals surface area contributed by atoms with E-state index in [0.717, 1.165) is 22.4 Å². The Kier molecular flexibility index (Phi) is 2.95. The summed E-state index contributed by atoms with van der Waals surface area (Å²) in [4.78, 5) is 12.8. The first kappa shape index (κ1) is 12.1. The predicted octanol–water partition coefficient (Wildman–Crippen LogP) is 3.59. The molecule has 0 bridgehead atoms. The van der Waals surface area contributed by atoms with Gasteiger partial charge in [-0.1, -0.05) is 37.6 Å². The molecule has 0 atom stereocenters. The minimum atomic E-state index is 0.241. The summed E-state index contributed by atoms with van der Waals surface area (Å²) >= 11 is 6.21. The number of halogens is 1. The van der Waals surface area contributed by atoms with Crippen LogP contribution >= 0.6 is 11.6 Å². The van der Waals surface area contributed by atoms with Gasteiger partial charge >= 0.3 is 0 Å². The lowest BCUT2D eigenvalue weighted by molar-refractivity contribution is 0.820. The lowest BCUT2D eigenvalue weighted by atomic mass is 10.1. The Morgan fingerprint density at radius 1 is 1.11 bits per heavy atom. The Morgan fingerprint density at radius 3 is 2.68 bits per heavy atom. The molecule has 1 aromatic carbocycles. The summed E-state index contributed by atoms with van der Waals surface area (Å²) in [7, 11) is 0. The third-order valence-electron chi connectivity index (χ3n) is 3.07. The highest BCUT2D eigenvalue weighted by Crippen LogP contribution is 2.28. The molecule has 0 spiro atoms. The molecular weight excluding hydrogens is 260 g/mol. The van der Waals surface area contributed by atoms with Gasteiger partial charge in [0.05, 0.1) is 11.0 Å². The standard InChI is InChI=1S/C14H13ClN4/c1-9(2)12-13(15)16-7-17-14(12)19-8-18-10-5-3-4-6-11(10)19/h3-9H,1-2H3. The van der Waals surface area contributed by atoms with E-state index in [1.54, 1.807) is 6.33 Å². The molecule has 4 nitrogen and oxygen atoms in total. The Hall–Kier alpha value is -1.94. The van der Waals surface area contributed by atoms with Crippen molar-refractivity contribution < 1.29 is 0 Å². The van der Waals surface area contributed by atoms with E-state index in [1.807, 2.05) is 28.8 Å². The van der Waals surface area contributed by atoms with Crippen LogP contribution in [0.2, 0.25) is 5.15 Å². The van der Waals surface area contributed by atoms with Crippen molar-refractivity contribution >= 4 is 22.6 Å². The fourth-order valence-corrected chi connectivity index (χ4v) is 2.53. The molecule has 0 aliphatic heterocycles. The quantitative estimate of drug-likeness (QED) is 0.670. The number of nitrogens with zero attached hydrogens (tertiary/aromatic N) is 4. The number of hydrogen-bond donors (Lipinski definition) is 0. The molecule has 2 aromatic heterocycles. The lowest BCUT2D eigenvalue weighted by Crippen LogP contribution is -2.05. The van der Waals surface area contributed by atoms with E-state index in [4.69, 9.17) is 11.6 Å². The summed E-state index contributed by atoms with van der Waals surface area (Å²) in [6, 6.07) is 7.94. The maximum absolute atomic E-state index is 6.21. The van der Waals surface area contributed by atoms with Crippen molar-refractivity contribution in [3.63, 3.8) is 0 Å². The zero-order valence-corrected chi connectivity index (χ0v) is 11.5. The summed E-state index contributed by atoms with van der Waals surface area (Å²) in [5.74, 6) is 1.04. The largest absolute Gasteiger partial charge is 0.283 e. The molecule has 0 unspecified atom stereocenters. The highest BCUT2D eigenvalue weighted by Gasteiger charge is 2.16. The van der Waals surface area contributed by atoms with Crippen LogP contribution in [0.4, 0.5) is 0 Å². The van der Waals surface area contributed by atoms with E-state index >= 15 is 0 Å². The van der Waals surface area contributed by atoms with E-state index < -0.39 is 0 Å². The van der Waals surface area contributed by atoms with Crippen LogP contribution in [0.3, 0.4) is 0 Å². The van der Waals surface area contributed by atoms with Crippen LogP contribution in [0.15, 0.2) is 36.9 Å². The molecule has 0 aliphatic carbocycles. The molecule has 0 aliphatic rings. The fraction of sp³-hybridized carbons (Fsp3) is 0.214. The number of hydrogen-bond acceptors (Lipinski definition) is 3. The van der Waals surface area contributed by atoms with Crippen molar-refractivity contribution in [1.82, 2.24) is 19.5 Å². The van der Waals surface area contributed by atoms with Gasteiger partial charge in [-0.2, -0.15) is 0 Å². The number of rotatable bonds is 2. The summed E-state index contributed by atoms with van der Waals surface area (Å²) in [6.07, 6.45) is 3.26. The number of fused-ring (bicyclic) bond motifs is 1. The maximum Gasteiger partial charge on any atom is 0.146 e. The van der Waals surface area contributed by atoms with Gasteiger partial charge in [-0.15, -0.1) is 0 Å². The second kappa shape index (κ2) is 4.63. The van der Waals surface area contributed by atoms with Gasteiger partial charge in [-0.3, -0.25) is 4.57 Å². The average Bonchev–Trinajstić information content (AvgIpc) is 2.81. The number of imidazole rings is 1. The molecule has 5 heteroatoms. The topological polar surface area (TPSA) is 43.6 Å². The average molecular weight is 273 g/mol. The highest BCUT2D eigenvalue weighted by molar-refractivity contribution is 6.30. The van der Waals surface area contributed by atoms with Gasteiger partial charge in [0.25, 0.3) is 0 Å². The second-order valence-corrected chi connectivity index (χ2v) is 5.02. The van der Waals surface area contributed by atoms with Crippen LogP contribution in [-0.2, 0) is 0 Å². The molecule has 0 radical (unpaired) electrons. The van der Waals surface area contributed by atoms with Crippen molar-refractivity contribution in [3.05, 3.63) is 47.6 Å². The first-order chi connectivity index (χ1) is 9.18. The van der Waals surface area contributed by atoms with E-state index in [2.05, 4.69) is 28.8 Å². The van der Waals surface area contributed by atoms with Crippen LogP contribution in [0.25, 0.3) is 16.9 Å². The van der Waals surface area contributed by atoms with Crippen LogP contribution < -0.4 is 0 Å². The highest BCUT2D eigenvalue weighted by atomic mass is 35.5. The van der Waals surface area contributed by atoms with E-state index in [-0.39, 0.29) is 5.92 Å². The van der Waals surface area contributed by atoms with Crippen LogP contribution in [0.1, 0.15) is 25.3 Å². The van der Waals surface area contributed by atoms with E-state index in [1.165, 1.54) is 6.33 Å². The van der Waals surface area contributed by atoms with Crippen molar-refractivity contribution in [2.75, 3.05) is 0 Å². The van der Waals surface area contributed by atoms with Gasteiger partial charge in [-0.25, -0.2) is 15.0 Å². The molecule has 0 saturated heterocycles. The Balaban J connectivity index is 2.30. The predicted molar refractivity (Wildman–Crippen MR) is 75.8 cm³/mol. The van der Waals surface area contributed by atoms with Crippen LogP contribution in [0.5, 0.6) is 0 Å². The Labute approximate surface area is 116 Å². The molecule has 0 amide bonds. The number of para-hydroxylation sites is 2. The summed E-state index contributed by atoms with van der Waals surface area (Å²) in [5.41, 5.74) is 2.89. The van der Waals surface area contributed by atoms with Gasteiger partial charge in [0.1, 0.15) is 23.6 Å². The van der Waals surface area contributed by atoms with Crippen molar-refractivity contribution in [2.24, 2.45) is 0 Å². The molecule has 2 heterocycles. The lowest BCUT2D eigenvalue weighted by Gasteiger charge is -2.13. The monoisotopic (exact) mass is 272 g/mol. The Bertz CT molecular complexity index is 733. The van der Waals surface area contributed by atoms with E-state index in [0.29, 0.717) is 5.15 Å². The van der Waals surface area contributed by atoms with Crippen molar-refractivity contribution in [1.29, 1.82) is 0 Å². The Morgan fingerprint density at radius 2 is 1.89 bits per heavy atom. The second-order valence-electron chi connectivity index (χ2n) is 4.66. The van der Waals surface area contributed by atoms with Crippen molar-refractivity contribution in [3.8, 4) is 5.82 Å². The maximum atomic E-state index is 6.21. The van der Waals surface area contributed by atoms with Gasteiger partial charge in [-0.05, 0) is 18.1 Å². The molecular formula is C14H13ClN4. The molecule has 96 valence electrons. The molecule has 0 fully saturated rings. The third-order valence-corrected chi connectivity index (χ3v) is 3.37. The molecule has 3 rings (SSSR count). The van der Waals surface area contributed by atoms with Crippen LogP contribution in [0, 0.1) is 0 Å². The molecule has 19 heavy (non-hydrogen) atoms. The molecule has 3 aromatic rings. The first-order valence-corrected chi connectivity index (χ1v) is 6.49. The zero-order valence-electron chi connectivity index (χ0n) is 10.7. The van der Waals surface area contributed by atoms with Crippen LogP contribution in [-0.4, -0.2) is 19.5 Å². The van der Waals surface area contributed by atoms with Gasteiger partial charge in [0.15, 0.2) is 0 Å². The van der Waals surface area contributed by atoms with E-state index in [9.17, 15) is 0 Å². The minimum Gasteiger partial charge on any atom is -0.283 e. The SMILES string of the molecule is CC(C)c1c(Cl)ncnc1-n1cnc2ccccc21. The molecule has 0 N–H and O–H groups in total. The number of benzene rings is 1. The third kappa shape index (κ3) is 1.98. The summed E-state index contributed by atoms with van der Waals surface area (Å²) < 4.78 is 1.96. The summed E-state index contributed by atoms with van der Waals surface area (Å²) in [6.45, 7) is 4.15. The summed E-state index contributed by atoms with van der Waals surface area (Å²) in [5, 5.41) is 0.498. The normalized spacial score (nSPS) is 11.4. The molecule has 0 saturated carbocycles.